The quantitative estimate of drug-likeness (QED) is 0.856. The molecule has 0 aliphatic carbocycles. The highest BCUT2D eigenvalue weighted by atomic mass is 32.2. The molecule has 0 fully saturated rings. The third-order valence-electron chi connectivity index (χ3n) is 2.54. The Kier molecular flexibility index (Phi) is 3.63. The number of nitrogens with two attached hydrogens (primary N) is 1. The van der Waals surface area contributed by atoms with Crippen molar-refractivity contribution in [2.45, 2.75) is 11.8 Å². The molecule has 4 nitrogen and oxygen atoms in total. The molecule has 0 unspecified atom stereocenters. The third-order valence-corrected chi connectivity index (χ3v) is 3.95. The predicted molar refractivity (Wildman–Crippen MR) is 72.8 cm³/mol. The maximum absolute atomic E-state index is 13.6. The van der Waals surface area contributed by atoms with Gasteiger partial charge in [-0.1, -0.05) is 0 Å². The zero-order valence-electron chi connectivity index (χ0n) is 10.5. The number of aryl methyl sites for hydroxylation is 1. The van der Waals surface area contributed by atoms with Gasteiger partial charge in [0.1, 0.15) is 16.5 Å². The van der Waals surface area contributed by atoms with Gasteiger partial charge in [-0.2, -0.15) is 0 Å². The Morgan fingerprint density at radius 2 is 1.80 bits per heavy atom. The molecule has 0 saturated heterocycles. The zero-order valence-corrected chi connectivity index (χ0v) is 11.3. The fraction of sp³-hybridized carbons (Fsp3) is 0.0769. The number of rotatable bonds is 3. The van der Waals surface area contributed by atoms with E-state index in [4.69, 9.17) is 5.73 Å². The Hall–Kier alpha value is -2.15. The van der Waals surface area contributed by atoms with E-state index in [0.717, 1.165) is 18.2 Å². The van der Waals surface area contributed by atoms with Crippen LogP contribution in [0.2, 0.25) is 0 Å². The molecule has 106 valence electrons. The van der Waals surface area contributed by atoms with Crippen LogP contribution in [0.15, 0.2) is 41.3 Å². The number of sulfonamides is 1. The van der Waals surface area contributed by atoms with Crippen molar-refractivity contribution >= 4 is 21.4 Å². The van der Waals surface area contributed by atoms with Crippen LogP contribution in [-0.4, -0.2) is 8.42 Å². The van der Waals surface area contributed by atoms with Gasteiger partial charge < -0.3 is 5.73 Å². The van der Waals surface area contributed by atoms with E-state index in [-0.39, 0.29) is 11.4 Å². The molecule has 7 heteroatoms. The van der Waals surface area contributed by atoms with Crippen LogP contribution in [0, 0.1) is 18.6 Å². The molecule has 2 rings (SSSR count). The molecular weight excluding hydrogens is 286 g/mol. The fourth-order valence-electron chi connectivity index (χ4n) is 1.74. The van der Waals surface area contributed by atoms with Gasteiger partial charge in [-0.3, -0.25) is 4.72 Å². The summed E-state index contributed by atoms with van der Waals surface area (Å²) in [5.41, 5.74) is 6.04. The molecule has 3 N–H and O–H groups in total. The largest absolute Gasteiger partial charge is 0.399 e. The molecule has 20 heavy (non-hydrogen) atoms. The van der Waals surface area contributed by atoms with E-state index in [0.29, 0.717) is 5.56 Å². The van der Waals surface area contributed by atoms with Crippen molar-refractivity contribution in [1.82, 2.24) is 0 Å². The van der Waals surface area contributed by atoms with Crippen LogP contribution in [0.5, 0.6) is 0 Å². The van der Waals surface area contributed by atoms with Gasteiger partial charge in [-0.05, 0) is 48.9 Å². The van der Waals surface area contributed by atoms with Crippen molar-refractivity contribution in [1.29, 1.82) is 0 Å². The molecule has 2 aromatic carbocycles. The van der Waals surface area contributed by atoms with Crippen LogP contribution in [-0.2, 0) is 10.0 Å². The highest BCUT2D eigenvalue weighted by Gasteiger charge is 2.19. The Labute approximate surface area is 115 Å². The van der Waals surface area contributed by atoms with Gasteiger partial charge in [0.2, 0.25) is 0 Å². The second-order valence-electron chi connectivity index (χ2n) is 4.31. The van der Waals surface area contributed by atoms with E-state index in [2.05, 4.69) is 4.72 Å². The summed E-state index contributed by atoms with van der Waals surface area (Å²) in [6.45, 7) is 1.62. The molecule has 0 aliphatic heterocycles. The van der Waals surface area contributed by atoms with Crippen molar-refractivity contribution in [3.63, 3.8) is 0 Å². The lowest BCUT2D eigenvalue weighted by Gasteiger charge is -2.10. The van der Waals surface area contributed by atoms with E-state index < -0.39 is 26.6 Å². The number of anilines is 2. The number of halogens is 2. The lowest BCUT2D eigenvalue weighted by atomic mass is 10.2. The molecule has 0 spiro atoms. The lowest BCUT2D eigenvalue weighted by molar-refractivity contribution is 0.571. The monoisotopic (exact) mass is 298 g/mol. The molecule has 0 aromatic heterocycles. The topological polar surface area (TPSA) is 72.2 Å². The van der Waals surface area contributed by atoms with Crippen LogP contribution >= 0.6 is 0 Å². The first-order valence-electron chi connectivity index (χ1n) is 5.63. The first-order valence-corrected chi connectivity index (χ1v) is 7.11. The maximum atomic E-state index is 13.6. The fourth-order valence-corrected chi connectivity index (χ4v) is 2.84. The molecule has 0 aliphatic rings. The Bertz CT molecular complexity index is 741. The van der Waals surface area contributed by atoms with Crippen molar-refractivity contribution in [2.75, 3.05) is 10.5 Å². The summed E-state index contributed by atoms with van der Waals surface area (Å²) in [5.74, 6) is -1.55. The van der Waals surface area contributed by atoms with Crippen LogP contribution in [0.25, 0.3) is 0 Å². The first kappa shape index (κ1) is 14.3. The summed E-state index contributed by atoms with van der Waals surface area (Å²) in [6, 6.07) is 6.94. The number of benzene rings is 2. The van der Waals surface area contributed by atoms with Crippen molar-refractivity contribution < 1.29 is 17.2 Å². The first-order chi connectivity index (χ1) is 9.28. The van der Waals surface area contributed by atoms with E-state index in [1.807, 2.05) is 0 Å². The van der Waals surface area contributed by atoms with Crippen molar-refractivity contribution in [2.24, 2.45) is 0 Å². The molecule has 0 bridgehead atoms. The van der Waals surface area contributed by atoms with Gasteiger partial charge in [-0.15, -0.1) is 0 Å². The average Bonchev–Trinajstić information content (AvgIpc) is 2.25. The van der Waals surface area contributed by atoms with Crippen LogP contribution < -0.4 is 10.5 Å². The highest BCUT2D eigenvalue weighted by Crippen LogP contribution is 2.22. The summed E-state index contributed by atoms with van der Waals surface area (Å²) >= 11 is 0. The molecule has 0 saturated carbocycles. The van der Waals surface area contributed by atoms with Gasteiger partial charge in [0.15, 0.2) is 0 Å². The van der Waals surface area contributed by atoms with E-state index in [9.17, 15) is 17.2 Å². The second-order valence-corrected chi connectivity index (χ2v) is 5.96. The van der Waals surface area contributed by atoms with Gasteiger partial charge in [0.05, 0.1) is 5.69 Å². The number of nitrogen functional groups attached to an aromatic ring is 1. The Morgan fingerprint density at radius 3 is 2.40 bits per heavy atom. The molecule has 0 amide bonds. The lowest BCUT2D eigenvalue weighted by Crippen LogP contribution is -2.15. The van der Waals surface area contributed by atoms with Crippen molar-refractivity contribution in [3.8, 4) is 0 Å². The van der Waals surface area contributed by atoms with Gasteiger partial charge in [0.25, 0.3) is 10.0 Å². The van der Waals surface area contributed by atoms with Gasteiger partial charge >= 0.3 is 0 Å². The summed E-state index contributed by atoms with van der Waals surface area (Å²) < 4.78 is 53.1. The third kappa shape index (κ3) is 3.05. The minimum Gasteiger partial charge on any atom is -0.399 e. The Morgan fingerprint density at radius 1 is 1.10 bits per heavy atom. The van der Waals surface area contributed by atoms with Crippen LogP contribution in [0.4, 0.5) is 20.2 Å². The summed E-state index contributed by atoms with van der Waals surface area (Å²) in [6.07, 6.45) is 0. The van der Waals surface area contributed by atoms with Crippen LogP contribution in [0.1, 0.15) is 5.56 Å². The number of hydrogen-bond donors (Lipinski definition) is 2. The minimum atomic E-state index is -4.14. The summed E-state index contributed by atoms with van der Waals surface area (Å²) in [7, 11) is -4.14. The SMILES string of the molecule is Cc1cc(F)cc(NS(=O)(=O)c2ccc(N)cc2F)c1. The molecule has 0 heterocycles. The predicted octanol–water partition coefficient (Wildman–Crippen LogP) is 2.66. The average molecular weight is 298 g/mol. The zero-order chi connectivity index (χ0) is 14.9. The molecule has 2 aromatic rings. The smallest absolute Gasteiger partial charge is 0.264 e. The second kappa shape index (κ2) is 5.09. The van der Waals surface area contributed by atoms with Gasteiger partial charge in [-0.25, -0.2) is 17.2 Å². The number of nitrogens with one attached hydrogen (secondary N) is 1. The minimum absolute atomic E-state index is 0.0266. The molecule has 0 atom stereocenters. The van der Waals surface area contributed by atoms with E-state index >= 15 is 0 Å². The van der Waals surface area contributed by atoms with E-state index in [1.165, 1.54) is 18.2 Å². The van der Waals surface area contributed by atoms with E-state index in [1.54, 1.807) is 6.92 Å². The normalized spacial score (nSPS) is 11.3. The molecular formula is C13H12F2N2O2S. The highest BCUT2D eigenvalue weighted by molar-refractivity contribution is 7.92. The number of hydrogen-bond acceptors (Lipinski definition) is 3. The molecule has 0 radical (unpaired) electrons. The summed E-state index contributed by atoms with van der Waals surface area (Å²) in [5, 5.41) is 0. The summed E-state index contributed by atoms with van der Waals surface area (Å²) in [4.78, 5) is -0.548. The van der Waals surface area contributed by atoms with Crippen LogP contribution in [0.3, 0.4) is 0 Å². The van der Waals surface area contributed by atoms with Gasteiger partial charge in [0, 0.05) is 5.69 Å². The Balaban J connectivity index is 2.40. The van der Waals surface area contributed by atoms with Crippen molar-refractivity contribution in [3.05, 3.63) is 53.6 Å². The maximum Gasteiger partial charge on any atom is 0.264 e. The standard InChI is InChI=1S/C13H12F2N2O2S/c1-8-4-9(14)6-11(5-8)17-20(18,19)13-3-2-10(16)7-12(13)15/h2-7,17H,16H2,1H3.